The molecule has 3 rings (SSSR count). The third kappa shape index (κ3) is 6.35. The van der Waals surface area contributed by atoms with E-state index in [9.17, 15) is 20.2 Å². The van der Waals surface area contributed by atoms with Crippen LogP contribution in [0, 0.1) is 20.2 Å². The van der Waals surface area contributed by atoms with E-state index in [1.807, 2.05) is 27.7 Å². The van der Waals surface area contributed by atoms with Gasteiger partial charge in [-0.25, -0.2) is 4.98 Å². The number of nitro benzene ring substituents is 2. The van der Waals surface area contributed by atoms with Crippen molar-refractivity contribution in [3.63, 3.8) is 0 Å². The summed E-state index contributed by atoms with van der Waals surface area (Å²) >= 11 is 13.2. The number of likely N-dealkylation sites (N-methyl/N-ethyl adjacent to an activating group) is 2. The van der Waals surface area contributed by atoms with Gasteiger partial charge in [0.2, 0.25) is 5.75 Å². The van der Waals surface area contributed by atoms with Crippen LogP contribution in [0.1, 0.15) is 27.7 Å². The molecule has 0 amide bonds. The van der Waals surface area contributed by atoms with Crippen molar-refractivity contribution in [2.45, 2.75) is 27.7 Å². The van der Waals surface area contributed by atoms with E-state index in [0.717, 1.165) is 26.2 Å². The maximum absolute atomic E-state index is 11.9. The topological polar surface area (TPSA) is 124 Å². The van der Waals surface area contributed by atoms with Gasteiger partial charge >= 0.3 is 5.69 Å². The highest BCUT2D eigenvalue weighted by Gasteiger charge is 2.27. The summed E-state index contributed by atoms with van der Waals surface area (Å²) in [5.41, 5.74) is -0.349. The van der Waals surface area contributed by atoms with Gasteiger partial charge in [0.15, 0.2) is 0 Å². The van der Waals surface area contributed by atoms with Gasteiger partial charge in [0.25, 0.3) is 5.69 Å². The second-order valence-corrected chi connectivity index (χ2v) is 9.22. The van der Waals surface area contributed by atoms with Gasteiger partial charge < -0.3 is 19.3 Å². The van der Waals surface area contributed by atoms with Crippen molar-refractivity contribution in [2.75, 3.05) is 52.5 Å². The fourth-order valence-corrected chi connectivity index (χ4v) is 4.72. The average molecular weight is 568 g/mol. The van der Waals surface area contributed by atoms with Crippen molar-refractivity contribution in [3.8, 4) is 11.5 Å². The van der Waals surface area contributed by atoms with Crippen molar-refractivity contribution in [1.29, 1.82) is 0 Å². The number of aromatic nitrogens is 1. The highest BCUT2D eigenvalue weighted by Crippen LogP contribution is 2.44. The number of fused-ring (bicyclic) bond motifs is 2. The molecule has 0 fully saturated rings. The van der Waals surface area contributed by atoms with Crippen LogP contribution in [0.5, 0.6) is 11.5 Å². The second kappa shape index (κ2) is 13.2. The summed E-state index contributed by atoms with van der Waals surface area (Å²) in [6.45, 7) is 13.0. The molecule has 38 heavy (non-hydrogen) atoms. The van der Waals surface area contributed by atoms with E-state index >= 15 is 0 Å². The minimum absolute atomic E-state index is 0.0674. The zero-order valence-corrected chi connectivity index (χ0v) is 23.3. The molecule has 0 aliphatic heterocycles. The lowest BCUT2D eigenvalue weighted by Gasteiger charge is -2.19. The first kappa shape index (κ1) is 29.6. The van der Waals surface area contributed by atoms with E-state index in [1.54, 1.807) is 0 Å². The van der Waals surface area contributed by atoms with Gasteiger partial charge in [0.05, 0.1) is 26.8 Å². The Morgan fingerprint density at radius 1 is 0.789 bits per heavy atom. The molecule has 206 valence electrons. The number of hydrogen-bond acceptors (Lipinski definition) is 9. The van der Waals surface area contributed by atoms with Crippen molar-refractivity contribution in [2.24, 2.45) is 0 Å². The van der Waals surface area contributed by atoms with Gasteiger partial charge in [-0.3, -0.25) is 20.2 Å². The van der Waals surface area contributed by atoms with E-state index < -0.39 is 9.85 Å². The molecule has 0 aliphatic carbocycles. The highest BCUT2D eigenvalue weighted by molar-refractivity contribution is 6.39. The number of hydrogen-bond donors (Lipinski definition) is 0. The van der Waals surface area contributed by atoms with E-state index in [0.29, 0.717) is 13.1 Å². The molecule has 0 saturated carbocycles. The van der Waals surface area contributed by atoms with Crippen LogP contribution in [-0.2, 0) is 0 Å². The van der Waals surface area contributed by atoms with Crippen molar-refractivity contribution in [3.05, 3.63) is 48.5 Å². The van der Waals surface area contributed by atoms with Gasteiger partial charge in [0.1, 0.15) is 34.5 Å². The molecule has 0 saturated heterocycles. The standard InChI is InChI=1S/C25H31Cl2N5O6/c1-5-29(6-2)9-11-37-20-15-18(31(33)34)17-13-16-14-19(32(35)36)25(38-12-10-30(7-3)8-4)22(27)23(16)28-24(17)21(20)26/h13-15H,5-12H2,1-4H3. The summed E-state index contributed by atoms with van der Waals surface area (Å²) < 4.78 is 11.6. The minimum atomic E-state index is -0.601. The third-order valence-electron chi connectivity index (χ3n) is 6.45. The zero-order chi connectivity index (χ0) is 28.0. The van der Waals surface area contributed by atoms with Crippen molar-refractivity contribution in [1.82, 2.24) is 14.8 Å². The molecule has 0 radical (unpaired) electrons. The molecule has 0 N–H and O–H groups in total. The van der Waals surface area contributed by atoms with E-state index in [4.69, 9.17) is 32.7 Å². The van der Waals surface area contributed by atoms with Crippen LogP contribution in [0.3, 0.4) is 0 Å². The van der Waals surface area contributed by atoms with Crippen molar-refractivity contribution >= 4 is 56.4 Å². The Morgan fingerprint density at radius 3 is 1.87 bits per heavy atom. The highest BCUT2D eigenvalue weighted by atomic mass is 35.5. The van der Waals surface area contributed by atoms with Crippen LogP contribution in [-0.4, -0.2) is 77.1 Å². The Kier molecular flexibility index (Phi) is 10.3. The number of ether oxygens (including phenoxy) is 2. The van der Waals surface area contributed by atoms with Crippen LogP contribution < -0.4 is 9.47 Å². The molecule has 0 unspecified atom stereocenters. The Morgan fingerprint density at radius 2 is 1.34 bits per heavy atom. The molecule has 1 aromatic heterocycles. The summed E-state index contributed by atoms with van der Waals surface area (Å²) in [6.07, 6.45) is 0. The molecule has 0 spiro atoms. The van der Waals surface area contributed by atoms with Gasteiger partial charge in [-0.1, -0.05) is 50.9 Å². The fraction of sp³-hybridized carbons (Fsp3) is 0.480. The van der Waals surface area contributed by atoms with Gasteiger partial charge in [0, 0.05) is 24.5 Å². The first-order valence-corrected chi connectivity index (χ1v) is 13.2. The van der Waals surface area contributed by atoms with E-state index in [1.165, 1.54) is 18.2 Å². The van der Waals surface area contributed by atoms with Crippen LogP contribution in [0.25, 0.3) is 21.8 Å². The summed E-state index contributed by atoms with van der Waals surface area (Å²) in [6, 6.07) is 3.94. The molecular formula is C25H31Cl2N5O6. The molecule has 3 aromatic rings. The Labute approximate surface area is 230 Å². The molecule has 0 atom stereocenters. The molecule has 1 heterocycles. The maximum Gasteiger partial charge on any atom is 0.313 e. The number of nitrogens with zero attached hydrogens (tertiary/aromatic N) is 5. The quantitative estimate of drug-likeness (QED) is 0.132. The predicted octanol–water partition coefficient (Wildman–Crippen LogP) is 5.95. The summed E-state index contributed by atoms with van der Waals surface area (Å²) in [7, 11) is 0. The lowest BCUT2D eigenvalue weighted by Crippen LogP contribution is -2.28. The van der Waals surface area contributed by atoms with Crippen LogP contribution in [0.4, 0.5) is 11.4 Å². The first-order valence-electron chi connectivity index (χ1n) is 12.4. The van der Waals surface area contributed by atoms with Crippen LogP contribution in [0.15, 0.2) is 18.2 Å². The number of nitro groups is 2. The maximum atomic E-state index is 11.9. The minimum Gasteiger partial charge on any atom is -0.490 e. The first-order chi connectivity index (χ1) is 18.2. The molecule has 0 bridgehead atoms. The Hall–Kier alpha value is -2.99. The smallest absolute Gasteiger partial charge is 0.313 e. The molecule has 11 nitrogen and oxygen atoms in total. The monoisotopic (exact) mass is 567 g/mol. The van der Waals surface area contributed by atoms with E-state index in [-0.39, 0.29) is 67.9 Å². The summed E-state index contributed by atoms with van der Waals surface area (Å²) in [5.74, 6) is 0.0130. The van der Waals surface area contributed by atoms with Gasteiger partial charge in [-0.2, -0.15) is 0 Å². The Bertz CT molecular complexity index is 1330. The summed E-state index contributed by atoms with van der Waals surface area (Å²) in [5, 5.41) is 24.1. The lowest BCUT2D eigenvalue weighted by molar-refractivity contribution is -0.385. The lowest BCUT2D eigenvalue weighted by atomic mass is 10.1. The number of pyridine rings is 1. The fourth-order valence-electron chi connectivity index (χ4n) is 4.16. The number of benzene rings is 2. The normalized spacial score (nSPS) is 11.6. The number of rotatable bonds is 14. The van der Waals surface area contributed by atoms with Gasteiger partial charge in [-0.15, -0.1) is 0 Å². The van der Waals surface area contributed by atoms with Crippen LogP contribution in [0.2, 0.25) is 10.0 Å². The largest absolute Gasteiger partial charge is 0.490 e. The third-order valence-corrected chi connectivity index (χ3v) is 7.17. The summed E-state index contributed by atoms with van der Waals surface area (Å²) in [4.78, 5) is 31.4. The molecule has 2 aromatic carbocycles. The SMILES string of the molecule is CCN(CC)CCOc1cc([N+](=O)[O-])c2cc3cc([N+](=O)[O-])c(OCCN(CC)CC)c(Cl)c3nc2c1Cl. The zero-order valence-electron chi connectivity index (χ0n) is 21.8. The second-order valence-electron chi connectivity index (χ2n) is 8.47. The van der Waals surface area contributed by atoms with Crippen molar-refractivity contribution < 1.29 is 19.3 Å². The Balaban J connectivity index is 2.12. The molecular weight excluding hydrogens is 537 g/mol. The predicted molar refractivity (Wildman–Crippen MR) is 149 cm³/mol. The van der Waals surface area contributed by atoms with Gasteiger partial charge in [-0.05, 0) is 32.2 Å². The molecule has 0 aliphatic rings. The van der Waals surface area contributed by atoms with E-state index in [2.05, 4.69) is 14.8 Å². The molecule has 13 heteroatoms. The average Bonchev–Trinajstić information content (AvgIpc) is 2.90. The number of halogens is 2. The van der Waals surface area contributed by atoms with Crippen LogP contribution >= 0.6 is 23.2 Å². The number of non-ortho nitro benzene ring substituents is 1.